The van der Waals surface area contributed by atoms with Gasteiger partial charge in [-0.25, -0.2) is 0 Å². The zero-order chi connectivity index (χ0) is 15.4. The van der Waals surface area contributed by atoms with E-state index in [9.17, 15) is 14.7 Å². The number of carbonyl (C=O) groups excluding carboxylic acids is 1. The fourth-order valence-electron chi connectivity index (χ4n) is 3.03. The van der Waals surface area contributed by atoms with Crippen molar-refractivity contribution in [1.29, 1.82) is 0 Å². The van der Waals surface area contributed by atoms with E-state index in [0.29, 0.717) is 19.6 Å². The Morgan fingerprint density at radius 3 is 2.71 bits per heavy atom. The van der Waals surface area contributed by atoms with Gasteiger partial charge < -0.3 is 19.8 Å². The van der Waals surface area contributed by atoms with E-state index in [1.54, 1.807) is 16.8 Å². The average molecular weight is 300 g/mol. The number of hydrogen-bond acceptors (Lipinski definition) is 5. The van der Waals surface area contributed by atoms with Gasteiger partial charge in [0, 0.05) is 19.7 Å². The summed E-state index contributed by atoms with van der Waals surface area (Å²) in [6.07, 6.45) is 2.68. The second-order valence-electron chi connectivity index (χ2n) is 5.93. The molecule has 2 N–H and O–H groups in total. The molecular formula is C14H24N2O5. The molecule has 0 unspecified atom stereocenters. The third-order valence-electron chi connectivity index (χ3n) is 4.24. The lowest BCUT2D eigenvalue weighted by Crippen LogP contribution is -2.43. The number of carboxylic acids is 1. The molecule has 2 heterocycles. The minimum Gasteiger partial charge on any atom is -0.480 e. The summed E-state index contributed by atoms with van der Waals surface area (Å²) >= 11 is 0. The van der Waals surface area contributed by atoms with Gasteiger partial charge in [0.25, 0.3) is 0 Å². The maximum Gasteiger partial charge on any atom is 0.317 e. The number of carboxylic acid groups (broad SMARTS) is 1. The van der Waals surface area contributed by atoms with E-state index in [1.807, 2.05) is 0 Å². The maximum atomic E-state index is 12.2. The highest BCUT2D eigenvalue weighted by atomic mass is 16.5. The number of aliphatic hydroxyl groups is 1. The Kier molecular flexibility index (Phi) is 5.55. The van der Waals surface area contributed by atoms with Crippen molar-refractivity contribution in [3.05, 3.63) is 0 Å². The largest absolute Gasteiger partial charge is 0.480 e. The van der Waals surface area contributed by atoms with Crippen molar-refractivity contribution in [2.45, 2.75) is 43.9 Å². The summed E-state index contributed by atoms with van der Waals surface area (Å²) in [7, 11) is 1.65. The van der Waals surface area contributed by atoms with Crippen LogP contribution in [0.1, 0.15) is 25.7 Å². The van der Waals surface area contributed by atoms with E-state index in [4.69, 9.17) is 9.84 Å². The van der Waals surface area contributed by atoms with Crippen LogP contribution >= 0.6 is 0 Å². The number of rotatable bonds is 5. The van der Waals surface area contributed by atoms with Gasteiger partial charge in [-0.15, -0.1) is 0 Å². The van der Waals surface area contributed by atoms with Crippen LogP contribution in [0.2, 0.25) is 0 Å². The number of β-amino-alcohol motifs (C(OH)–C–C–N with tert-alkyl or cyclic N) is 1. The van der Waals surface area contributed by atoms with Crippen LogP contribution < -0.4 is 0 Å². The van der Waals surface area contributed by atoms with Crippen LogP contribution in [0.4, 0.5) is 0 Å². The topological polar surface area (TPSA) is 90.3 Å². The fourth-order valence-corrected chi connectivity index (χ4v) is 3.03. The van der Waals surface area contributed by atoms with E-state index in [-0.39, 0.29) is 31.1 Å². The van der Waals surface area contributed by atoms with Crippen molar-refractivity contribution in [3.63, 3.8) is 0 Å². The molecule has 0 spiro atoms. The SMILES string of the molecule is CN(CC(=O)O)[C@H]1CN(C(=O)C[C@H]2CCCCO2)C[C@H]1O. The maximum absolute atomic E-state index is 12.2. The van der Waals surface area contributed by atoms with Gasteiger partial charge in [0.2, 0.25) is 5.91 Å². The van der Waals surface area contributed by atoms with E-state index in [1.165, 1.54) is 0 Å². The number of likely N-dealkylation sites (tertiary alicyclic amines) is 1. The lowest BCUT2D eigenvalue weighted by molar-refractivity contribution is -0.138. The van der Waals surface area contributed by atoms with E-state index >= 15 is 0 Å². The lowest BCUT2D eigenvalue weighted by atomic mass is 10.1. The van der Waals surface area contributed by atoms with Crippen LogP contribution in [0.25, 0.3) is 0 Å². The molecule has 2 fully saturated rings. The fraction of sp³-hybridized carbons (Fsp3) is 0.857. The van der Waals surface area contributed by atoms with Crippen molar-refractivity contribution < 1.29 is 24.5 Å². The third-order valence-corrected chi connectivity index (χ3v) is 4.24. The Labute approximate surface area is 124 Å². The lowest BCUT2D eigenvalue weighted by Gasteiger charge is -2.26. The monoisotopic (exact) mass is 300 g/mol. The molecule has 2 aliphatic heterocycles. The standard InChI is InChI=1S/C14H24N2O5/c1-15(9-14(19)20)11-7-16(8-12(11)17)13(18)6-10-4-2-3-5-21-10/h10-12,17H,2-9H2,1H3,(H,19,20)/t10-,11+,12-/m1/s1. The van der Waals surface area contributed by atoms with Crippen molar-refractivity contribution in [2.24, 2.45) is 0 Å². The van der Waals surface area contributed by atoms with Crippen molar-refractivity contribution in [3.8, 4) is 0 Å². The van der Waals surface area contributed by atoms with Crippen LogP contribution in [0.5, 0.6) is 0 Å². The molecule has 1 amide bonds. The molecule has 0 aliphatic carbocycles. The number of aliphatic carboxylic acids is 1. The summed E-state index contributed by atoms with van der Waals surface area (Å²) in [4.78, 5) is 26.2. The summed E-state index contributed by atoms with van der Waals surface area (Å²) in [5.74, 6) is -0.961. The predicted octanol–water partition coefficient (Wildman–Crippen LogP) is -0.466. The van der Waals surface area contributed by atoms with E-state index < -0.39 is 12.1 Å². The van der Waals surface area contributed by atoms with E-state index in [2.05, 4.69) is 0 Å². The van der Waals surface area contributed by atoms with Gasteiger partial charge in [-0.1, -0.05) is 0 Å². The molecule has 0 saturated carbocycles. The van der Waals surface area contributed by atoms with Crippen molar-refractivity contribution >= 4 is 11.9 Å². The molecule has 0 radical (unpaired) electrons. The minimum absolute atomic E-state index is 0.0146. The summed E-state index contributed by atoms with van der Waals surface area (Å²) in [6.45, 7) is 1.21. The zero-order valence-electron chi connectivity index (χ0n) is 12.4. The molecule has 7 heteroatoms. The van der Waals surface area contributed by atoms with Crippen LogP contribution in [-0.4, -0.2) is 83.4 Å². The molecule has 0 bridgehead atoms. The Bertz CT molecular complexity index is 384. The summed E-state index contributed by atoms with van der Waals surface area (Å²) in [5, 5.41) is 18.8. The van der Waals surface area contributed by atoms with Gasteiger partial charge in [-0.2, -0.15) is 0 Å². The predicted molar refractivity (Wildman–Crippen MR) is 74.8 cm³/mol. The minimum atomic E-state index is -0.940. The van der Waals surface area contributed by atoms with Gasteiger partial charge in [0.05, 0.1) is 31.2 Å². The first-order valence-electron chi connectivity index (χ1n) is 7.47. The van der Waals surface area contributed by atoms with Gasteiger partial charge in [-0.05, 0) is 26.3 Å². The quantitative estimate of drug-likeness (QED) is 0.714. The molecule has 0 aromatic heterocycles. The van der Waals surface area contributed by atoms with E-state index in [0.717, 1.165) is 19.3 Å². The molecule has 2 rings (SSSR count). The van der Waals surface area contributed by atoms with Crippen LogP contribution in [0.15, 0.2) is 0 Å². The summed E-state index contributed by atoms with van der Waals surface area (Å²) in [6, 6.07) is -0.322. The highest BCUT2D eigenvalue weighted by Crippen LogP contribution is 2.20. The Balaban J connectivity index is 1.84. The number of likely N-dealkylation sites (N-methyl/N-ethyl adjacent to an activating group) is 1. The second-order valence-corrected chi connectivity index (χ2v) is 5.93. The van der Waals surface area contributed by atoms with Crippen molar-refractivity contribution in [2.75, 3.05) is 33.3 Å². The highest BCUT2D eigenvalue weighted by molar-refractivity contribution is 5.77. The average Bonchev–Trinajstić information content (AvgIpc) is 2.81. The van der Waals surface area contributed by atoms with Crippen molar-refractivity contribution in [1.82, 2.24) is 9.80 Å². The number of aliphatic hydroxyl groups excluding tert-OH is 1. The second kappa shape index (κ2) is 7.20. The normalized spacial score (nSPS) is 29.9. The van der Waals surface area contributed by atoms with Gasteiger partial charge in [0.15, 0.2) is 0 Å². The van der Waals surface area contributed by atoms with Crippen LogP contribution in [0.3, 0.4) is 0 Å². The highest BCUT2D eigenvalue weighted by Gasteiger charge is 2.37. The molecule has 120 valence electrons. The van der Waals surface area contributed by atoms with Gasteiger partial charge in [-0.3, -0.25) is 14.5 Å². The Morgan fingerprint density at radius 2 is 2.10 bits per heavy atom. The van der Waals surface area contributed by atoms with Gasteiger partial charge in [0.1, 0.15) is 0 Å². The molecule has 3 atom stereocenters. The smallest absolute Gasteiger partial charge is 0.317 e. The third kappa shape index (κ3) is 4.39. The Morgan fingerprint density at radius 1 is 1.33 bits per heavy atom. The first-order valence-corrected chi connectivity index (χ1v) is 7.47. The first kappa shape index (κ1) is 16.2. The van der Waals surface area contributed by atoms with Crippen LogP contribution in [-0.2, 0) is 14.3 Å². The molecule has 0 aromatic carbocycles. The molecule has 2 saturated heterocycles. The summed E-state index contributed by atoms with van der Waals surface area (Å²) in [5.41, 5.74) is 0. The number of carbonyl (C=O) groups is 2. The Hall–Kier alpha value is -1.18. The number of ether oxygens (including phenoxy) is 1. The molecular weight excluding hydrogens is 276 g/mol. The molecule has 2 aliphatic rings. The molecule has 0 aromatic rings. The summed E-state index contributed by atoms with van der Waals surface area (Å²) < 4.78 is 5.56. The number of hydrogen-bond donors (Lipinski definition) is 2. The first-order chi connectivity index (χ1) is 9.97. The molecule has 7 nitrogen and oxygen atoms in total. The van der Waals surface area contributed by atoms with Gasteiger partial charge >= 0.3 is 5.97 Å². The zero-order valence-corrected chi connectivity index (χ0v) is 12.4. The van der Waals surface area contributed by atoms with Crippen LogP contribution in [0, 0.1) is 0 Å². The number of nitrogens with zero attached hydrogens (tertiary/aromatic N) is 2. The number of amides is 1. The molecule has 21 heavy (non-hydrogen) atoms.